The molecule has 0 spiro atoms. The van der Waals surface area contributed by atoms with Crippen molar-refractivity contribution in [3.8, 4) is 33.6 Å². The summed E-state index contributed by atoms with van der Waals surface area (Å²) in [6.07, 6.45) is 11.8. The van der Waals surface area contributed by atoms with Gasteiger partial charge in [0.25, 0.3) is 0 Å². The Kier molecular flexibility index (Phi) is 11.7. The third-order valence-electron chi connectivity index (χ3n) is 7.36. The van der Waals surface area contributed by atoms with E-state index in [2.05, 4.69) is 87.3 Å². The van der Waals surface area contributed by atoms with Gasteiger partial charge in [-0.25, -0.2) is 0 Å². The Hall–Kier alpha value is -2.42. The number of benzene rings is 2. The van der Waals surface area contributed by atoms with E-state index in [1.54, 1.807) is 0 Å². The second-order valence-corrected chi connectivity index (χ2v) is 12.6. The number of pyridine rings is 2. The normalized spacial score (nSPS) is 15.2. The Balaban J connectivity index is 1.22. The van der Waals surface area contributed by atoms with Gasteiger partial charge in [-0.1, -0.05) is 70.2 Å². The molecule has 1 unspecified atom stereocenters. The maximum atomic E-state index is 6.00. The summed E-state index contributed by atoms with van der Waals surface area (Å²) in [6.45, 7) is 4.94. The number of aromatic nitrogens is 2. The number of hydrogen-bond donors (Lipinski definition) is 0. The van der Waals surface area contributed by atoms with Crippen LogP contribution in [-0.2, 0) is 27.4 Å². The zero-order chi connectivity index (χ0) is 29.1. The van der Waals surface area contributed by atoms with Gasteiger partial charge in [0.1, 0.15) is 0 Å². The monoisotopic (exact) mass is 692 g/mol. The van der Waals surface area contributed by atoms with Crippen LogP contribution in [0.25, 0.3) is 33.6 Å². The van der Waals surface area contributed by atoms with Gasteiger partial charge in [0.05, 0.1) is 24.6 Å². The fourth-order valence-electron chi connectivity index (χ4n) is 5.09. The summed E-state index contributed by atoms with van der Waals surface area (Å²) in [7, 11) is 0. The highest BCUT2D eigenvalue weighted by Gasteiger charge is 2.14. The van der Waals surface area contributed by atoms with Crippen LogP contribution in [0.5, 0.6) is 0 Å². The number of hydrogen-bond acceptors (Lipinski definition) is 5. The first-order chi connectivity index (χ1) is 20.6. The van der Waals surface area contributed by atoms with Crippen molar-refractivity contribution < 1.29 is 14.2 Å². The molecular formula is C35H38Br2N2O3. The van der Waals surface area contributed by atoms with E-state index < -0.39 is 0 Å². The summed E-state index contributed by atoms with van der Waals surface area (Å²) >= 11 is 7.32. The molecule has 0 aliphatic carbocycles. The number of unbranched alkanes of at least 4 members (excludes halogenated alkanes) is 3. The summed E-state index contributed by atoms with van der Waals surface area (Å²) < 4.78 is 19.7. The first-order valence-electron chi connectivity index (χ1n) is 14.9. The fraction of sp³-hybridized carbons (Fsp3) is 0.371. The number of nitrogens with zero attached hydrogens (tertiary/aromatic N) is 2. The van der Waals surface area contributed by atoms with E-state index in [0.29, 0.717) is 13.2 Å². The molecule has 1 fully saturated rings. The number of rotatable bonds is 13. The number of halogens is 2. The lowest BCUT2D eigenvalue weighted by atomic mass is 10.0. The van der Waals surface area contributed by atoms with Crippen molar-refractivity contribution in [1.82, 2.24) is 9.97 Å². The summed E-state index contributed by atoms with van der Waals surface area (Å²) in [5.74, 6) is 0. The topological polar surface area (TPSA) is 53.5 Å². The van der Waals surface area contributed by atoms with E-state index in [1.165, 1.54) is 19.3 Å². The average Bonchev–Trinajstić information content (AvgIpc) is 3.02. The second-order valence-electron chi connectivity index (χ2n) is 10.8. The molecule has 3 heterocycles. The zero-order valence-electron chi connectivity index (χ0n) is 24.2. The van der Waals surface area contributed by atoms with Gasteiger partial charge >= 0.3 is 0 Å². The van der Waals surface area contributed by atoms with Gasteiger partial charge in [-0.2, -0.15) is 0 Å². The van der Waals surface area contributed by atoms with Crippen LogP contribution >= 0.6 is 31.9 Å². The van der Waals surface area contributed by atoms with Crippen LogP contribution in [0.3, 0.4) is 0 Å². The van der Waals surface area contributed by atoms with E-state index in [1.807, 2.05) is 24.5 Å². The van der Waals surface area contributed by atoms with Gasteiger partial charge < -0.3 is 14.2 Å². The summed E-state index contributed by atoms with van der Waals surface area (Å²) in [4.78, 5) is 9.48. The Morgan fingerprint density at radius 2 is 1.38 bits per heavy atom. The van der Waals surface area contributed by atoms with Crippen LogP contribution in [0.2, 0.25) is 0 Å². The SMILES string of the molecule is CCCCCCOCc1cc(Br)cc(-c2ccc(-c3ccc(-c4cc(Br)cc(COC5CCCCO5)c4)cn3)nc2)c1. The lowest BCUT2D eigenvalue weighted by molar-refractivity contribution is -0.168. The molecule has 0 radical (unpaired) electrons. The molecule has 4 aromatic rings. The lowest BCUT2D eigenvalue weighted by Gasteiger charge is -2.22. The third kappa shape index (κ3) is 9.04. The quantitative estimate of drug-likeness (QED) is 0.131. The predicted molar refractivity (Wildman–Crippen MR) is 176 cm³/mol. The average molecular weight is 695 g/mol. The van der Waals surface area contributed by atoms with Crippen molar-refractivity contribution in [3.63, 3.8) is 0 Å². The molecule has 0 N–H and O–H groups in total. The maximum absolute atomic E-state index is 6.00. The fourth-order valence-corrected chi connectivity index (χ4v) is 6.17. The lowest BCUT2D eigenvalue weighted by Crippen LogP contribution is -2.22. The molecular weight excluding hydrogens is 656 g/mol. The molecule has 1 aliphatic rings. The Morgan fingerprint density at radius 3 is 1.93 bits per heavy atom. The van der Waals surface area contributed by atoms with Crippen LogP contribution in [0.15, 0.2) is 82.0 Å². The molecule has 7 heteroatoms. The highest BCUT2D eigenvalue weighted by atomic mass is 79.9. The molecule has 5 rings (SSSR count). The van der Waals surface area contributed by atoms with E-state index >= 15 is 0 Å². The molecule has 42 heavy (non-hydrogen) atoms. The van der Waals surface area contributed by atoms with Gasteiger partial charge in [0, 0.05) is 45.7 Å². The number of ether oxygens (including phenoxy) is 3. The van der Waals surface area contributed by atoms with Crippen molar-refractivity contribution in [3.05, 3.63) is 93.1 Å². The van der Waals surface area contributed by atoms with Gasteiger partial charge in [0.2, 0.25) is 0 Å². The van der Waals surface area contributed by atoms with Crippen molar-refractivity contribution in [1.29, 1.82) is 0 Å². The van der Waals surface area contributed by atoms with Crippen LogP contribution in [0.1, 0.15) is 63.0 Å². The Bertz CT molecular complexity index is 1420. The Labute approximate surface area is 266 Å². The van der Waals surface area contributed by atoms with Crippen LogP contribution in [0, 0.1) is 0 Å². The third-order valence-corrected chi connectivity index (χ3v) is 8.27. The van der Waals surface area contributed by atoms with E-state index in [9.17, 15) is 0 Å². The zero-order valence-corrected chi connectivity index (χ0v) is 27.3. The molecule has 5 nitrogen and oxygen atoms in total. The highest BCUT2D eigenvalue weighted by molar-refractivity contribution is 9.10. The Morgan fingerprint density at radius 1 is 0.738 bits per heavy atom. The minimum atomic E-state index is -0.106. The largest absolute Gasteiger partial charge is 0.377 e. The summed E-state index contributed by atoms with van der Waals surface area (Å²) in [6, 6.07) is 21.0. The second kappa shape index (κ2) is 15.9. The van der Waals surface area contributed by atoms with Crippen molar-refractivity contribution in [2.75, 3.05) is 13.2 Å². The molecule has 0 amide bonds. The molecule has 0 saturated carbocycles. The molecule has 1 aliphatic heterocycles. The summed E-state index contributed by atoms with van der Waals surface area (Å²) in [5, 5.41) is 0. The molecule has 2 aromatic heterocycles. The molecule has 2 aromatic carbocycles. The summed E-state index contributed by atoms with van der Waals surface area (Å²) in [5.41, 5.74) is 8.23. The highest BCUT2D eigenvalue weighted by Crippen LogP contribution is 2.29. The smallest absolute Gasteiger partial charge is 0.158 e. The van der Waals surface area contributed by atoms with Crippen molar-refractivity contribution in [2.24, 2.45) is 0 Å². The van der Waals surface area contributed by atoms with Crippen LogP contribution in [0.4, 0.5) is 0 Å². The molecule has 220 valence electrons. The molecule has 0 bridgehead atoms. The van der Waals surface area contributed by atoms with Gasteiger partial charge in [-0.05, 0) is 96.5 Å². The molecule has 1 saturated heterocycles. The van der Waals surface area contributed by atoms with Gasteiger partial charge in [-0.3, -0.25) is 9.97 Å². The minimum Gasteiger partial charge on any atom is -0.377 e. The van der Waals surface area contributed by atoms with E-state index in [0.717, 1.165) is 92.6 Å². The van der Waals surface area contributed by atoms with E-state index in [-0.39, 0.29) is 6.29 Å². The minimum absolute atomic E-state index is 0.106. The maximum Gasteiger partial charge on any atom is 0.158 e. The van der Waals surface area contributed by atoms with Gasteiger partial charge in [0.15, 0.2) is 6.29 Å². The van der Waals surface area contributed by atoms with Crippen molar-refractivity contribution >= 4 is 31.9 Å². The van der Waals surface area contributed by atoms with E-state index in [4.69, 9.17) is 24.2 Å². The van der Waals surface area contributed by atoms with Gasteiger partial charge in [-0.15, -0.1) is 0 Å². The predicted octanol–water partition coefficient (Wildman–Crippen LogP) is 10.1. The standard InChI is InChI=1S/C35H38Br2N2O3/c1-2-3-4-6-13-40-23-25-15-29(19-31(36)17-25)27-9-11-33(38-21-27)34-12-10-28(22-39-34)30-16-26(18-32(37)20-30)24-42-35-8-5-7-14-41-35/h9-12,15-22,35H,2-8,13-14,23-24H2,1H3. The van der Waals surface area contributed by atoms with Crippen LogP contribution in [-0.4, -0.2) is 29.5 Å². The van der Waals surface area contributed by atoms with Crippen LogP contribution < -0.4 is 0 Å². The first-order valence-corrected chi connectivity index (χ1v) is 16.5. The first kappa shape index (κ1) is 31.0. The molecule has 1 atom stereocenters. The van der Waals surface area contributed by atoms with Crippen molar-refractivity contribution in [2.45, 2.75) is 71.4 Å².